The Labute approximate surface area is 132 Å². The summed E-state index contributed by atoms with van der Waals surface area (Å²) in [6.07, 6.45) is 1.68. The second-order valence-corrected chi connectivity index (χ2v) is 6.27. The molecule has 2 heterocycles. The number of hydrogen-bond acceptors (Lipinski definition) is 4. The number of nitrogens with one attached hydrogen (secondary N) is 1. The van der Waals surface area contributed by atoms with E-state index in [1.807, 2.05) is 50.2 Å². The molecule has 3 rings (SSSR count). The van der Waals surface area contributed by atoms with Gasteiger partial charge < -0.3 is 9.73 Å². The first-order chi connectivity index (χ1) is 10.6. The van der Waals surface area contributed by atoms with Crippen molar-refractivity contribution in [2.45, 2.75) is 20.4 Å². The zero-order chi connectivity index (χ0) is 15.5. The Balaban J connectivity index is 1.65. The topological polar surface area (TPSA) is 55.1 Å². The largest absolute Gasteiger partial charge is 0.439 e. The number of thiophene rings is 1. The molecule has 0 saturated heterocycles. The smallest absolute Gasteiger partial charge is 0.261 e. The lowest BCUT2D eigenvalue weighted by molar-refractivity contribution is 0.0951. The Morgan fingerprint density at radius 1 is 1.27 bits per heavy atom. The maximum atomic E-state index is 12.1. The molecule has 112 valence electrons. The van der Waals surface area contributed by atoms with Crippen LogP contribution in [0.4, 0.5) is 0 Å². The monoisotopic (exact) mass is 312 g/mol. The third-order valence-corrected chi connectivity index (χ3v) is 4.55. The molecule has 0 spiro atoms. The average Bonchev–Trinajstić information content (AvgIpc) is 3.13. The Bertz CT molecular complexity index is 771. The fraction of sp³-hybridized carbons (Fsp3) is 0.176. The van der Waals surface area contributed by atoms with E-state index in [1.165, 1.54) is 11.3 Å². The van der Waals surface area contributed by atoms with Gasteiger partial charge in [-0.3, -0.25) is 4.79 Å². The minimum Gasteiger partial charge on any atom is -0.439 e. The molecule has 3 aromatic rings. The molecule has 0 bridgehead atoms. The van der Waals surface area contributed by atoms with Gasteiger partial charge in [0.25, 0.3) is 5.91 Å². The molecular formula is C17H16N2O2S. The molecule has 0 aliphatic rings. The molecule has 2 aromatic heterocycles. The summed E-state index contributed by atoms with van der Waals surface area (Å²) < 4.78 is 5.66. The van der Waals surface area contributed by atoms with Crippen molar-refractivity contribution in [1.29, 1.82) is 0 Å². The van der Waals surface area contributed by atoms with Crippen molar-refractivity contribution in [1.82, 2.24) is 10.3 Å². The molecule has 0 saturated carbocycles. The van der Waals surface area contributed by atoms with Crippen LogP contribution in [0.3, 0.4) is 0 Å². The van der Waals surface area contributed by atoms with Gasteiger partial charge in [0.15, 0.2) is 5.76 Å². The van der Waals surface area contributed by atoms with Gasteiger partial charge in [-0.25, -0.2) is 4.98 Å². The lowest BCUT2D eigenvalue weighted by Gasteiger charge is -2.00. The summed E-state index contributed by atoms with van der Waals surface area (Å²) >= 11 is 1.50. The zero-order valence-electron chi connectivity index (χ0n) is 12.4. The summed E-state index contributed by atoms with van der Waals surface area (Å²) in [4.78, 5) is 18.2. The van der Waals surface area contributed by atoms with Crippen molar-refractivity contribution in [2.75, 3.05) is 0 Å². The molecule has 22 heavy (non-hydrogen) atoms. The number of aryl methyl sites for hydroxylation is 2. The van der Waals surface area contributed by atoms with Gasteiger partial charge in [0.2, 0.25) is 5.89 Å². The molecule has 0 fully saturated rings. The van der Waals surface area contributed by atoms with Crippen molar-refractivity contribution in [3.8, 4) is 11.3 Å². The van der Waals surface area contributed by atoms with Crippen molar-refractivity contribution in [3.05, 3.63) is 63.8 Å². The highest BCUT2D eigenvalue weighted by Crippen LogP contribution is 2.21. The van der Waals surface area contributed by atoms with Gasteiger partial charge in [-0.05, 0) is 25.5 Å². The number of benzene rings is 1. The van der Waals surface area contributed by atoms with Crippen molar-refractivity contribution >= 4 is 17.2 Å². The molecule has 4 nitrogen and oxygen atoms in total. The second-order valence-electron chi connectivity index (χ2n) is 5.02. The number of carbonyl (C=O) groups excluding carboxylic acids is 1. The molecule has 5 heteroatoms. The third-order valence-electron chi connectivity index (χ3n) is 3.40. The lowest BCUT2D eigenvalue weighted by Crippen LogP contribution is -2.21. The molecule has 0 aliphatic heterocycles. The van der Waals surface area contributed by atoms with Gasteiger partial charge in [0, 0.05) is 10.4 Å². The summed E-state index contributed by atoms with van der Waals surface area (Å²) in [5.41, 5.74) is 2.11. The predicted molar refractivity (Wildman–Crippen MR) is 86.9 cm³/mol. The van der Waals surface area contributed by atoms with Gasteiger partial charge in [-0.1, -0.05) is 30.3 Å². The van der Waals surface area contributed by atoms with Crippen molar-refractivity contribution < 1.29 is 9.21 Å². The molecule has 0 atom stereocenters. The van der Waals surface area contributed by atoms with Gasteiger partial charge in [0.1, 0.15) is 0 Å². The van der Waals surface area contributed by atoms with Crippen LogP contribution in [0.1, 0.15) is 26.0 Å². The van der Waals surface area contributed by atoms with Crippen LogP contribution in [-0.2, 0) is 6.54 Å². The van der Waals surface area contributed by atoms with E-state index in [0.717, 1.165) is 16.0 Å². The van der Waals surface area contributed by atoms with Crippen molar-refractivity contribution in [2.24, 2.45) is 0 Å². The molecule has 1 amide bonds. The standard InChI is InChI=1S/C17H16N2O2S/c1-11-8-15(22-12(11)2)17(20)19-10-16-18-9-14(21-16)13-6-4-3-5-7-13/h3-9H,10H2,1-2H3,(H,19,20). The molecule has 0 aliphatic carbocycles. The fourth-order valence-electron chi connectivity index (χ4n) is 2.06. The maximum Gasteiger partial charge on any atom is 0.261 e. The van der Waals surface area contributed by atoms with Gasteiger partial charge in [0.05, 0.1) is 17.6 Å². The first-order valence-electron chi connectivity index (χ1n) is 6.99. The summed E-state index contributed by atoms with van der Waals surface area (Å²) in [5.74, 6) is 1.10. The van der Waals surface area contributed by atoms with Crippen LogP contribution in [0.2, 0.25) is 0 Å². The first-order valence-corrected chi connectivity index (χ1v) is 7.80. The number of hydrogen-bond donors (Lipinski definition) is 1. The van der Waals surface area contributed by atoms with Crippen LogP contribution < -0.4 is 5.32 Å². The van der Waals surface area contributed by atoms with Gasteiger partial charge in [-0.15, -0.1) is 11.3 Å². The summed E-state index contributed by atoms with van der Waals surface area (Å²) in [6, 6.07) is 11.7. The molecule has 1 N–H and O–H groups in total. The summed E-state index contributed by atoms with van der Waals surface area (Å²) in [5, 5.41) is 2.84. The maximum absolute atomic E-state index is 12.1. The van der Waals surface area contributed by atoms with Crippen LogP contribution >= 0.6 is 11.3 Å². The minimum atomic E-state index is -0.0966. The van der Waals surface area contributed by atoms with Crippen molar-refractivity contribution in [3.63, 3.8) is 0 Å². The SMILES string of the molecule is Cc1cc(C(=O)NCc2ncc(-c3ccccc3)o2)sc1C. The third kappa shape index (κ3) is 3.09. The number of rotatable bonds is 4. The molecular weight excluding hydrogens is 296 g/mol. The number of aromatic nitrogens is 1. The first kappa shape index (κ1) is 14.5. The molecule has 0 unspecified atom stereocenters. The zero-order valence-corrected chi connectivity index (χ0v) is 13.2. The number of amides is 1. The van der Waals surface area contributed by atoms with E-state index >= 15 is 0 Å². The minimum absolute atomic E-state index is 0.0966. The second kappa shape index (κ2) is 6.15. The van der Waals surface area contributed by atoms with Crippen LogP contribution in [-0.4, -0.2) is 10.9 Å². The van der Waals surface area contributed by atoms with Crippen LogP contribution in [0, 0.1) is 13.8 Å². The highest BCUT2D eigenvalue weighted by Gasteiger charge is 2.12. The van der Waals surface area contributed by atoms with E-state index in [-0.39, 0.29) is 12.5 Å². The van der Waals surface area contributed by atoms with Crippen LogP contribution in [0.25, 0.3) is 11.3 Å². The normalized spacial score (nSPS) is 10.6. The van der Waals surface area contributed by atoms with E-state index in [9.17, 15) is 4.79 Å². The Kier molecular flexibility index (Phi) is 4.06. The fourth-order valence-corrected chi connectivity index (χ4v) is 3.01. The number of carbonyl (C=O) groups is 1. The van der Waals surface area contributed by atoms with Gasteiger partial charge in [-0.2, -0.15) is 0 Å². The van der Waals surface area contributed by atoms with E-state index < -0.39 is 0 Å². The number of nitrogens with zero attached hydrogens (tertiary/aromatic N) is 1. The summed E-state index contributed by atoms with van der Waals surface area (Å²) in [6.45, 7) is 4.29. The Morgan fingerprint density at radius 3 is 2.73 bits per heavy atom. The van der Waals surface area contributed by atoms with E-state index in [4.69, 9.17) is 4.42 Å². The summed E-state index contributed by atoms with van der Waals surface area (Å²) in [7, 11) is 0. The van der Waals surface area contributed by atoms with Gasteiger partial charge >= 0.3 is 0 Å². The van der Waals surface area contributed by atoms with E-state index in [1.54, 1.807) is 6.20 Å². The highest BCUT2D eigenvalue weighted by molar-refractivity contribution is 7.14. The molecule has 0 radical (unpaired) electrons. The van der Waals surface area contributed by atoms with Crippen LogP contribution in [0.5, 0.6) is 0 Å². The number of oxazole rings is 1. The van der Waals surface area contributed by atoms with Crippen LogP contribution in [0.15, 0.2) is 47.0 Å². The van der Waals surface area contributed by atoms with E-state index in [0.29, 0.717) is 16.5 Å². The predicted octanol–water partition coefficient (Wildman–Crippen LogP) is 3.95. The van der Waals surface area contributed by atoms with E-state index in [2.05, 4.69) is 10.3 Å². The molecule has 1 aromatic carbocycles. The quantitative estimate of drug-likeness (QED) is 0.793. The average molecular weight is 312 g/mol. The lowest BCUT2D eigenvalue weighted by atomic mass is 10.2. The Morgan fingerprint density at radius 2 is 2.05 bits per heavy atom. The Hall–Kier alpha value is -2.40. The highest BCUT2D eigenvalue weighted by atomic mass is 32.1.